The van der Waals surface area contributed by atoms with Crippen LogP contribution in [0.1, 0.15) is 25.2 Å². The molecule has 0 unspecified atom stereocenters. The van der Waals surface area contributed by atoms with Crippen LogP contribution in [0.15, 0.2) is 22.1 Å². The highest BCUT2D eigenvalue weighted by molar-refractivity contribution is 5.60. The summed E-state index contributed by atoms with van der Waals surface area (Å²) in [5.41, 5.74) is 0.896. The van der Waals surface area contributed by atoms with Gasteiger partial charge in [-0.3, -0.25) is 0 Å². The van der Waals surface area contributed by atoms with Crippen LogP contribution in [0.4, 0.5) is 5.88 Å². The van der Waals surface area contributed by atoms with Gasteiger partial charge in [0.2, 0.25) is 5.88 Å². The topological polar surface area (TPSA) is 25.5 Å². The van der Waals surface area contributed by atoms with Gasteiger partial charge in [0.15, 0.2) is 0 Å². The number of aryl methyl sites for hydroxylation is 1. The second kappa shape index (κ2) is 5.35. The zero-order chi connectivity index (χ0) is 9.56. The minimum absolute atomic E-state index is 0.549. The first-order valence-corrected chi connectivity index (χ1v) is 3.97. The van der Waals surface area contributed by atoms with E-state index < -0.39 is 0 Å². The van der Waals surface area contributed by atoms with Gasteiger partial charge in [0.05, 0.1) is 0 Å². The van der Waals surface area contributed by atoms with Crippen LogP contribution in [0.3, 0.4) is 0 Å². The number of hydrogen-bond acceptors (Lipinski definition) is 2. The van der Waals surface area contributed by atoms with Gasteiger partial charge in [0, 0.05) is 5.56 Å². The highest BCUT2D eigenvalue weighted by atomic mass is 16.4. The maximum Gasteiger partial charge on any atom is 0.225 e. The molecule has 0 bridgehead atoms. The molecule has 0 aliphatic heterocycles. The fourth-order valence-corrected chi connectivity index (χ4v) is 0.791. The van der Waals surface area contributed by atoms with E-state index in [1.807, 2.05) is 26.8 Å². The van der Waals surface area contributed by atoms with Crippen LogP contribution in [0.2, 0.25) is 0 Å². The molecule has 0 amide bonds. The third-order valence-electron chi connectivity index (χ3n) is 1.23. The Hall–Kier alpha value is -1.31. The Bertz CT molecular complexity index is 235. The fourth-order valence-electron chi connectivity index (χ4n) is 0.791. The predicted octanol–water partition coefficient (Wildman–Crippen LogP) is 3.59. The zero-order valence-corrected chi connectivity index (χ0v) is 7.92. The number of furan rings is 1. The largest absolute Gasteiger partial charge is 0.443 e. The summed E-state index contributed by atoms with van der Waals surface area (Å²) >= 11 is 0. The zero-order valence-electron chi connectivity index (χ0n) is 7.92. The molecule has 0 N–H and O–H groups in total. The standard InChI is InChI=1S/C8H9NO.C2H6/c1-4-7-5-6(2)10-8(7)9-3;1-2/h4-5H,1,3H2,2H3;1-2H3. The SMILES string of the molecule is C=Cc1cc(C)oc1N=C.CC. The lowest BCUT2D eigenvalue weighted by Crippen LogP contribution is -1.59. The Morgan fingerprint density at radius 3 is 2.42 bits per heavy atom. The molecule has 0 saturated carbocycles. The van der Waals surface area contributed by atoms with E-state index in [-0.39, 0.29) is 0 Å². The van der Waals surface area contributed by atoms with E-state index >= 15 is 0 Å². The molecule has 0 radical (unpaired) electrons. The lowest BCUT2D eigenvalue weighted by atomic mass is 10.3. The van der Waals surface area contributed by atoms with Crippen molar-refractivity contribution in [2.75, 3.05) is 0 Å². The van der Waals surface area contributed by atoms with Crippen LogP contribution in [-0.4, -0.2) is 6.72 Å². The molecule has 0 spiro atoms. The first-order valence-electron chi connectivity index (χ1n) is 3.97. The Morgan fingerprint density at radius 2 is 2.08 bits per heavy atom. The highest BCUT2D eigenvalue weighted by Crippen LogP contribution is 2.23. The quantitative estimate of drug-likeness (QED) is 0.615. The van der Waals surface area contributed by atoms with Crippen molar-refractivity contribution in [3.8, 4) is 0 Å². The third-order valence-corrected chi connectivity index (χ3v) is 1.23. The number of nitrogens with zero attached hydrogens (tertiary/aromatic N) is 1. The predicted molar refractivity (Wildman–Crippen MR) is 54.1 cm³/mol. The molecular formula is C10H15NO. The molecule has 1 heterocycles. The first kappa shape index (κ1) is 10.7. The van der Waals surface area contributed by atoms with Crippen LogP contribution in [0, 0.1) is 6.92 Å². The molecule has 2 nitrogen and oxygen atoms in total. The van der Waals surface area contributed by atoms with E-state index in [1.165, 1.54) is 0 Å². The normalized spacial score (nSPS) is 8.25. The van der Waals surface area contributed by atoms with Crippen LogP contribution >= 0.6 is 0 Å². The maximum absolute atomic E-state index is 5.15. The van der Waals surface area contributed by atoms with E-state index in [4.69, 9.17) is 4.42 Å². The van der Waals surface area contributed by atoms with E-state index in [0.29, 0.717) is 5.88 Å². The summed E-state index contributed by atoms with van der Waals surface area (Å²) in [5, 5.41) is 0. The van der Waals surface area contributed by atoms with E-state index in [2.05, 4.69) is 18.3 Å². The molecule has 0 aliphatic rings. The summed E-state index contributed by atoms with van der Waals surface area (Å²) < 4.78 is 5.15. The Morgan fingerprint density at radius 1 is 1.50 bits per heavy atom. The molecule has 0 saturated heterocycles. The Balaban J connectivity index is 0.000000561. The number of hydrogen-bond donors (Lipinski definition) is 0. The van der Waals surface area contributed by atoms with Crippen molar-refractivity contribution in [3.63, 3.8) is 0 Å². The third kappa shape index (κ3) is 2.38. The van der Waals surface area contributed by atoms with Crippen molar-refractivity contribution in [1.29, 1.82) is 0 Å². The average molecular weight is 165 g/mol. The second-order valence-electron chi connectivity index (χ2n) is 1.98. The maximum atomic E-state index is 5.15. The van der Waals surface area contributed by atoms with Gasteiger partial charge in [0.1, 0.15) is 5.76 Å². The van der Waals surface area contributed by atoms with Crippen LogP contribution in [0.25, 0.3) is 6.08 Å². The summed E-state index contributed by atoms with van der Waals surface area (Å²) in [5.74, 6) is 1.38. The molecule has 1 rings (SSSR count). The number of rotatable bonds is 2. The molecule has 12 heavy (non-hydrogen) atoms. The van der Waals surface area contributed by atoms with Gasteiger partial charge < -0.3 is 4.42 Å². The molecular weight excluding hydrogens is 150 g/mol. The van der Waals surface area contributed by atoms with Crippen molar-refractivity contribution in [2.45, 2.75) is 20.8 Å². The Kier molecular flexibility index (Phi) is 4.77. The van der Waals surface area contributed by atoms with E-state index in [1.54, 1.807) is 6.08 Å². The highest BCUT2D eigenvalue weighted by Gasteiger charge is 2.01. The second-order valence-corrected chi connectivity index (χ2v) is 1.98. The number of aliphatic imine (C=N–C) groups is 1. The molecule has 0 aromatic carbocycles. The van der Waals surface area contributed by atoms with Gasteiger partial charge in [-0.1, -0.05) is 26.5 Å². The van der Waals surface area contributed by atoms with Crippen molar-refractivity contribution in [3.05, 3.63) is 24.0 Å². The molecule has 0 atom stereocenters. The fraction of sp³-hybridized carbons (Fsp3) is 0.300. The summed E-state index contributed by atoms with van der Waals surface area (Å²) in [6.07, 6.45) is 1.69. The van der Waals surface area contributed by atoms with Crippen LogP contribution in [-0.2, 0) is 0 Å². The molecule has 1 aromatic rings. The van der Waals surface area contributed by atoms with Crippen LogP contribution < -0.4 is 0 Å². The molecule has 1 aromatic heterocycles. The van der Waals surface area contributed by atoms with E-state index in [9.17, 15) is 0 Å². The first-order chi connectivity index (χ1) is 5.77. The summed E-state index contributed by atoms with van der Waals surface area (Å²) in [6.45, 7) is 12.8. The van der Waals surface area contributed by atoms with Crippen molar-refractivity contribution in [1.82, 2.24) is 0 Å². The molecule has 2 heteroatoms. The minimum Gasteiger partial charge on any atom is -0.443 e. The lowest BCUT2D eigenvalue weighted by molar-refractivity contribution is 0.545. The summed E-state index contributed by atoms with van der Waals surface area (Å²) in [7, 11) is 0. The van der Waals surface area contributed by atoms with Crippen molar-refractivity contribution >= 4 is 18.7 Å². The van der Waals surface area contributed by atoms with Crippen molar-refractivity contribution < 1.29 is 4.42 Å². The smallest absolute Gasteiger partial charge is 0.225 e. The van der Waals surface area contributed by atoms with Gasteiger partial charge in [-0.15, -0.1) is 0 Å². The van der Waals surface area contributed by atoms with Crippen molar-refractivity contribution in [2.24, 2.45) is 4.99 Å². The Labute approximate surface area is 73.6 Å². The minimum atomic E-state index is 0.549. The van der Waals surface area contributed by atoms with E-state index in [0.717, 1.165) is 11.3 Å². The van der Waals surface area contributed by atoms with Crippen LogP contribution in [0.5, 0.6) is 0 Å². The van der Waals surface area contributed by atoms with Gasteiger partial charge in [-0.25, -0.2) is 4.99 Å². The summed E-state index contributed by atoms with van der Waals surface area (Å²) in [4.78, 5) is 3.67. The summed E-state index contributed by atoms with van der Waals surface area (Å²) in [6, 6.07) is 1.87. The van der Waals surface area contributed by atoms with Gasteiger partial charge in [0.25, 0.3) is 0 Å². The van der Waals surface area contributed by atoms with Gasteiger partial charge >= 0.3 is 0 Å². The average Bonchev–Trinajstić information content (AvgIpc) is 2.49. The van der Waals surface area contributed by atoms with Gasteiger partial charge in [-0.05, 0) is 19.7 Å². The lowest BCUT2D eigenvalue weighted by Gasteiger charge is -1.83. The molecule has 0 fully saturated rings. The van der Waals surface area contributed by atoms with Gasteiger partial charge in [-0.2, -0.15) is 0 Å². The monoisotopic (exact) mass is 165 g/mol. The molecule has 66 valence electrons. The molecule has 0 aliphatic carbocycles.